The van der Waals surface area contributed by atoms with E-state index in [1.807, 2.05) is 6.07 Å². The lowest BCUT2D eigenvalue weighted by molar-refractivity contribution is 0.102. The van der Waals surface area contributed by atoms with Crippen LogP contribution in [0.3, 0.4) is 0 Å². The number of rotatable bonds is 3. The standard InChI is InChI=1S/C14H13N3O2/c18-7-2-1-4-11-5-3-6-12(8-11)14(19)17-13-9-15-16-10-13/h3,5-6,8-10,18H,2,7H2,(H,15,16)(H,17,19). The number of aromatic amines is 1. The summed E-state index contributed by atoms with van der Waals surface area (Å²) in [6.07, 6.45) is 3.55. The zero-order valence-electron chi connectivity index (χ0n) is 10.2. The second kappa shape index (κ2) is 6.38. The number of hydrogen-bond donors (Lipinski definition) is 3. The third kappa shape index (κ3) is 3.69. The Labute approximate surface area is 110 Å². The van der Waals surface area contributed by atoms with Crippen LogP contribution in [-0.2, 0) is 0 Å². The van der Waals surface area contributed by atoms with E-state index in [0.717, 1.165) is 5.56 Å². The van der Waals surface area contributed by atoms with Gasteiger partial charge >= 0.3 is 0 Å². The quantitative estimate of drug-likeness (QED) is 0.725. The number of aliphatic hydroxyl groups excluding tert-OH is 1. The molecule has 0 aliphatic carbocycles. The number of carbonyl (C=O) groups excluding carboxylic acids is 1. The highest BCUT2D eigenvalue weighted by atomic mass is 16.2. The summed E-state index contributed by atoms with van der Waals surface area (Å²) in [5, 5.41) is 17.7. The summed E-state index contributed by atoms with van der Waals surface area (Å²) < 4.78 is 0. The van der Waals surface area contributed by atoms with Crippen LogP contribution in [0.15, 0.2) is 36.7 Å². The van der Waals surface area contributed by atoms with Gasteiger partial charge in [0.1, 0.15) is 0 Å². The Hall–Kier alpha value is -2.58. The minimum Gasteiger partial charge on any atom is -0.395 e. The van der Waals surface area contributed by atoms with Gasteiger partial charge < -0.3 is 10.4 Å². The van der Waals surface area contributed by atoms with E-state index in [0.29, 0.717) is 17.7 Å². The molecule has 0 unspecified atom stereocenters. The van der Waals surface area contributed by atoms with Gasteiger partial charge in [-0.15, -0.1) is 0 Å². The molecule has 19 heavy (non-hydrogen) atoms. The smallest absolute Gasteiger partial charge is 0.255 e. The summed E-state index contributed by atoms with van der Waals surface area (Å²) in [6.45, 7) is 0.0354. The van der Waals surface area contributed by atoms with Gasteiger partial charge in [0.15, 0.2) is 0 Å². The van der Waals surface area contributed by atoms with Gasteiger partial charge in [0.05, 0.1) is 18.5 Å². The van der Waals surface area contributed by atoms with E-state index in [9.17, 15) is 4.79 Å². The molecule has 96 valence electrons. The molecule has 0 spiro atoms. The van der Waals surface area contributed by atoms with E-state index in [-0.39, 0.29) is 12.5 Å². The number of benzene rings is 1. The van der Waals surface area contributed by atoms with Gasteiger partial charge in [0.2, 0.25) is 0 Å². The van der Waals surface area contributed by atoms with Crippen molar-refractivity contribution in [2.75, 3.05) is 11.9 Å². The van der Waals surface area contributed by atoms with E-state index in [4.69, 9.17) is 5.11 Å². The van der Waals surface area contributed by atoms with E-state index < -0.39 is 0 Å². The van der Waals surface area contributed by atoms with Crippen molar-refractivity contribution in [1.82, 2.24) is 10.2 Å². The number of aliphatic hydroxyl groups is 1. The minimum atomic E-state index is -0.216. The number of nitrogens with one attached hydrogen (secondary N) is 2. The Morgan fingerprint density at radius 1 is 1.47 bits per heavy atom. The molecule has 0 bridgehead atoms. The molecule has 0 aliphatic rings. The zero-order chi connectivity index (χ0) is 13.5. The number of nitrogens with zero attached hydrogens (tertiary/aromatic N) is 1. The van der Waals surface area contributed by atoms with Crippen molar-refractivity contribution in [3.05, 3.63) is 47.8 Å². The molecule has 0 radical (unpaired) electrons. The van der Waals surface area contributed by atoms with Crippen LogP contribution in [0.2, 0.25) is 0 Å². The summed E-state index contributed by atoms with van der Waals surface area (Å²) in [5.41, 5.74) is 1.88. The first-order valence-corrected chi connectivity index (χ1v) is 5.79. The van der Waals surface area contributed by atoms with Crippen molar-refractivity contribution in [1.29, 1.82) is 0 Å². The van der Waals surface area contributed by atoms with Gasteiger partial charge in [-0.3, -0.25) is 9.89 Å². The summed E-state index contributed by atoms with van der Waals surface area (Å²) in [6, 6.07) is 7.01. The molecule has 1 aromatic heterocycles. The Morgan fingerprint density at radius 3 is 3.11 bits per heavy atom. The molecule has 0 fully saturated rings. The molecule has 5 heteroatoms. The average molecular weight is 255 g/mol. The van der Waals surface area contributed by atoms with Crippen molar-refractivity contribution in [3.63, 3.8) is 0 Å². The third-order valence-electron chi connectivity index (χ3n) is 2.35. The molecule has 2 rings (SSSR count). The molecular weight excluding hydrogens is 242 g/mol. The maximum Gasteiger partial charge on any atom is 0.255 e. The van der Waals surface area contributed by atoms with Crippen LogP contribution >= 0.6 is 0 Å². The van der Waals surface area contributed by atoms with Crippen LogP contribution < -0.4 is 5.32 Å². The molecule has 2 aromatic rings. The van der Waals surface area contributed by atoms with E-state index >= 15 is 0 Å². The first-order chi connectivity index (χ1) is 9.29. The van der Waals surface area contributed by atoms with Crippen molar-refractivity contribution < 1.29 is 9.90 Å². The maximum absolute atomic E-state index is 12.0. The molecule has 5 nitrogen and oxygen atoms in total. The lowest BCUT2D eigenvalue weighted by atomic mass is 10.1. The third-order valence-corrected chi connectivity index (χ3v) is 2.35. The SMILES string of the molecule is O=C(Nc1cn[nH]c1)c1cccc(C#CCCO)c1. The van der Waals surface area contributed by atoms with Gasteiger partial charge in [-0.1, -0.05) is 17.9 Å². The van der Waals surface area contributed by atoms with E-state index in [2.05, 4.69) is 27.4 Å². The van der Waals surface area contributed by atoms with Gasteiger partial charge in [-0.25, -0.2) is 0 Å². The highest BCUT2D eigenvalue weighted by Crippen LogP contribution is 2.08. The monoisotopic (exact) mass is 255 g/mol. The molecule has 0 aliphatic heterocycles. The maximum atomic E-state index is 12.0. The predicted molar refractivity (Wildman–Crippen MR) is 71.6 cm³/mol. The summed E-state index contributed by atoms with van der Waals surface area (Å²) in [7, 11) is 0. The number of hydrogen-bond acceptors (Lipinski definition) is 3. The number of carbonyl (C=O) groups is 1. The second-order valence-corrected chi connectivity index (χ2v) is 3.80. The van der Waals surface area contributed by atoms with Crippen LogP contribution in [0.25, 0.3) is 0 Å². The Bertz CT molecular complexity index is 609. The molecule has 1 amide bonds. The topological polar surface area (TPSA) is 78.0 Å². The first-order valence-electron chi connectivity index (χ1n) is 5.79. The van der Waals surface area contributed by atoms with E-state index in [1.54, 1.807) is 24.4 Å². The molecule has 3 N–H and O–H groups in total. The lowest BCUT2D eigenvalue weighted by Crippen LogP contribution is -2.11. The largest absolute Gasteiger partial charge is 0.395 e. The molecule has 1 aromatic carbocycles. The normalized spacial score (nSPS) is 9.53. The number of amides is 1. The fraction of sp³-hybridized carbons (Fsp3) is 0.143. The number of aromatic nitrogens is 2. The Balaban J connectivity index is 2.10. The van der Waals surface area contributed by atoms with Crippen molar-refractivity contribution in [3.8, 4) is 11.8 Å². The second-order valence-electron chi connectivity index (χ2n) is 3.80. The zero-order valence-corrected chi connectivity index (χ0v) is 10.2. The summed E-state index contributed by atoms with van der Waals surface area (Å²) in [4.78, 5) is 12.0. The average Bonchev–Trinajstić information content (AvgIpc) is 2.92. The molecule has 1 heterocycles. The molecular formula is C14H13N3O2. The van der Waals surface area contributed by atoms with Gasteiger partial charge in [0.25, 0.3) is 5.91 Å². The van der Waals surface area contributed by atoms with Crippen LogP contribution in [0.5, 0.6) is 0 Å². The fourth-order valence-electron chi connectivity index (χ4n) is 1.48. The predicted octanol–water partition coefficient (Wildman–Crippen LogP) is 1.40. The highest BCUT2D eigenvalue weighted by molar-refractivity contribution is 6.04. The van der Waals surface area contributed by atoms with E-state index in [1.165, 1.54) is 6.20 Å². The highest BCUT2D eigenvalue weighted by Gasteiger charge is 2.06. The van der Waals surface area contributed by atoms with Crippen molar-refractivity contribution >= 4 is 11.6 Å². The van der Waals surface area contributed by atoms with Crippen LogP contribution in [0, 0.1) is 11.8 Å². The fourth-order valence-corrected chi connectivity index (χ4v) is 1.48. The van der Waals surface area contributed by atoms with Crippen molar-refractivity contribution in [2.45, 2.75) is 6.42 Å². The summed E-state index contributed by atoms with van der Waals surface area (Å²) in [5.74, 6) is 5.49. The number of anilines is 1. The van der Waals surface area contributed by atoms with Gasteiger partial charge in [-0.2, -0.15) is 5.10 Å². The Morgan fingerprint density at radius 2 is 2.37 bits per heavy atom. The summed E-state index contributed by atoms with van der Waals surface area (Å²) >= 11 is 0. The molecule has 0 saturated carbocycles. The lowest BCUT2D eigenvalue weighted by Gasteiger charge is -2.02. The minimum absolute atomic E-state index is 0.0354. The van der Waals surface area contributed by atoms with Crippen LogP contribution in [0.4, 0.5) is 5.69 Å². The number of H-pyrrole nitrogens is 1. The Kier molecular flexibility index (Phi) is 4.32. The molecule has 0 atom stereocenters. The van der Waals surface area contributed by atoms with Gasteiger partial charge in [-0.05, 0) is 18.2 Å². The van der Waals surface area contributed by atoms with Gasteiger partial charge in [0, 0.05) is 23.7 Å². The van der Waals surface area contributed by atoms with Crippen LogP contribution in [-0.4, -0.2) is 27.8 Å². The first kappa shape index (κ1) is 12.9. The van der Waals surface area contributed by atoms with Crippen LogP contribution in [0.1, 0.15) is 22.3 Å². The molecule has 0 saturated heterocycles. The van der Waals surface area contributed by atoms with Crippen molar-refractivity contribution in [2.24, 2.45) is 0 Å².